The Bertz CT molecular complexity index is 1470. The lowest BCUT2D eigenvalue weighted by Gasteiger charge is -2.50. The van der Waals surface area contributed by atoms with Crippen LogP contribution in [-0.4, -0.2) is 67.2 Å². The summed E-state index contributed by atoms with van der Waals surface area (Å²) in [4.78, 5) is 47.1. The minimum Gasteiger partial charge on any atom is -0.503 e. The average Bonchev–Trinajstić information content (AvgIpc) is 3.12. The van der Waals surface area contributed by atoms with Crippen LogP contribution < -0.4 is 16.5 Å². The summed E-state index contributed by atoms with van der Waals surface area (Å²) >= 11 is 6.98. The van der Waals surface area contributed by atoms with E-state index in [0.717, 1.165) is 23.6 Å². The maximum atomic E-state index is 13.2. The number of halogens is 1. The molecule has 0 unspecified atom stereocenters. The van der Waals surface area contributed by atoms with Gasteiger partial charge in [-0.05, 0) is 19.8 Å². The zero-order valence-electron chi connectivity index (χ0n) is 20.1. The Balaban J connectivity index is 1.96. The van der Waals surface area contributed by atoms with Gasteiger partial charge in [0.25, 0.3) is 11.8 Å². The van der Waals surface area contributed by atoms with Gasteiger partial charge in [0, 0.05) is 6.07 Å². The van der Waals surface area contributed by atoms with E-state index in [1.54, 1.807) is 13.8 Å². The van der Waals surface area contributed by atoms with Crippen molar-refractivity contribution >= 4 is 56.0 Å². The van der Waals surface area contributed by atoms with Crippen LogP contribution in [0.1, 0.15) is 45.2 Å². The molecule has 19 heteroatoms. The molecule has 0 aliphatic carbocycles. The predicted octanol–water partition coefficient (Wildman–Crippen LogP) is 0.441. The Labute approximate surface area is 224 Å². The molecule has 38 heavy (non-hydrogen) atoms. The molecule has 6 N–H and O–H groups in total. The zero-order chi connectivity index (χ0) is 28.7. The number of β-lactam (4-membered cyclic amide) rings is 1. The van der Waals surface area contributed by atoms with Gasteiger partial charge in [-0.1, -0.05) is 41.9 Å². The quantitative estimate of drug-likeness (QED) is 0.0874. The van der Waals surface area contributed by atoms with Crippen molar-refractivity contribution in [3.8, 4) is 5.75 Å². The first-order chi connectivity index (χ1) is 17.4. The zero-order valence-corrected chi connectivity index (χ0v) is 22.5. The van der Waals surface area contributed by atoms with Crippen molar-refractivity contribution in [2.45, 2.75) is 45.4 Å². The van der Waals surface area contributed by atoms with Crippen LogP contribution in [0.4, 0.5) is 5.13 Å². The van der Waals surface area contributed by atoms with Crippen LogP contribution in [0.25, 0.3) is 0 Å². The number of rotatable bonds is 9. The summed E-state index contributed by atoms with van der Waals surface area (Å²) in [7, 11) is -5.02. The first-order valence-corrected chi connectivity index (χ1v) is 13.1. The SMILES string of the molecule is CC(C)[C@@H](O/N=C(\C(=O)N[C@@H]1C(=O)N(OS(=O)(=O)O)C1(C)C)c1nc(N)sc1Cl)c1cc(=O)c(O)cn1O. The number of pyridine rings is 1. The molecule has 1 saturated heterocycles. The average molecular weight is 595 g/mol. The van der Waals surface area contributed by atoms with Gasteiger partial charge in [0.05, 0.1) is 11.7 Å². The van der Waals surface area contributed by atoms with E-state index < -0.39 is 62.7 Å². The van der Waals surface area contributed by atoms with Crippen LogP contribution in [0.5, 0.6) is 5.75 Å². The van der Waals surface area contributed by atoms with Crippen molar-refractivity contribution in [1.29, 1.82) is 0 Å². The fourth-order valence-electron chi connectivity index (χ4n) is 3.44. The smallest absolute Gasteiger partial charge is 0.418 e. The molecule has 0 bridgehead atoms. The molecular formula is C19H23ClN6O10S2. The van der Waals surface area contributed by atoms with Gasteiger partial charge in [-0.3, -0.25) is 18.9 Å². The molecule has 2 aromatic heterocycles. The summed E-state index contributed by atoms with van der Waals surface area (Å²) in [6, 6.07) is -0.417. The third kappa shape index (κ3) is 5.83. The van der Waals surface area contributed by atoms with Crippen molar-refractivity contribution in [1.82, 2.24) is 20.1 Å². The Morgan fingerprint density at radius 3 is 2.50 bits per heavy atom. The van der Waals surface area contributed by atoms with E-state index in [0.29, 0.717) is 9.79 Å². The number of amides is 2. The summed E-state index contributed by atoms with van der Waals surface area (Å²) in [6.45, 7) is 6.02. The summed E-state index contributed by atoms with van der Waals surface area (Å²) in [5.41, 5.74) is 2.59. The number of anilines is 1. The summed E-state index contributed by atoms with van der Waals surface area (Å²) in [5.74, 6) is -3.20. The van der Waals surface area contributed by atoms with Crippen LogP contribution in [0.3, 0.4) is 0 Å². The number of oxime groups is 1. The molecule has 1 fully saturated rings. The van der Waals surface area contributed by atoms with Crippen LogP contribution in [0.15, 0.2) is 22.2 Å². The highest BCUT2D eigenvalue weighted by molar-refractivity contribution is 7.80. The molecule has 2 atom stereocenters. The number of nitrogens with zero attached hydrogens (tertiary/aromatic N) is 4. The number of nitrogens with two attached hydrogens (primary N) is 1. The number of aromatic hydroxyl groups is 1. The number of aromatic nitrogens is 2. The fourth-order valence-corrected chi connectivity index (χ4v) is 4.82. The van der Waals surface area contributed by atoms with Crippen molar-refractivity contribution in [2.24, 2.45) is 11.1 Å². The fraction of sp³-hybridized carbons (Fsp3) is 0.421. The molecule has 2 aromatic rings. The van der Waals surface area contributed by atoms with Crippen molar-refractivity contribution < 1.29 is 42.0 Å². The van der Waals surface area contributed by atoms with Crippen LogP contribution in [0.2, 0.25) is 4.34 Å². The van der Waals surface area contributed by atoms with Crippen molar-refractivity contribution in [3.63, 3.8) is 0 Å². The summed E-state index contributed by atoms with van der Waals surface area (Å²) < 4.78 is 35.6. The second kappa shape index (κ2) is 10.4. The normalized spacial score (nSPS) is 18.3. The van der Waals surface area contributed by atoms with E-state index >= 15 is 0 Å². The van der Waals surface area contributed by atoms with E-state index in [1.807, 2.05) is 0 Å². The van der Waals surface area contributed by atoms with Gasteiger partial charge in [0.2, 0.25) is 5.43 Å². The van der Waals surface area contributed by atoms with Gasteiger partial charge in [-0.15, -0.1) is 4.28 Å². The standard InChI is InChI=1S/C19H23ClN6O10S2/c1-7(2)13(8-5-9(27)10(28)6-25(8)31)35-24-12(11-15(20)37-18(21)22-11)16(29)23-14-17(30)26(19(14,3)4)36-38(32,33)34/h5-7,13-14,28,31H,1-4H3,(H2,21,22)(H,23,29)(H,32,33,34)/b24-12-/t13-,14-/m1/s1. The molecule has 2 amide bonds. The molecule has 3 rings (SSSR count). The number of carbonyl (C=O) groups is 2. The Morgan fingerprint density at radius 2 is 2.00 bits per heavy atom. The van der Waals surface area contributed by atoms with Crippen LogP contribution >= 0.6 is 22.9 Å². The number of nitrogen functional groups attached to an aromatic ring is 1. The number of nitrogens with one attached hydrogen (secondary N) is 1. The second-order valence-corrected chi connectivity index (χ2v) is 11.5. The number of hydrogen-bond acceptors (Lipinski definition) is 13. The Hall–Kier alpha value is -3.45. The van der Waals surface area contributed by atoms with Gasteiger partial charge >= 0.3 is 10.4 Å². The number of hydroxylamine groups is 2. The lowest BCUT2D eigenvalue weighted by molar-refractivity contribution is -0.218. The third-order valence-electron chi connectivity index (χ3n) is 5.36. The topological polar surface area (TPSA) is 236 Å². The van der Waals surface area contributed by atoms with Gasteiger partial charge in [-0.25, -0.2) is 4.98 Å². The predicted molar refractivity (Wildman–Crippen MR) is 132 cm³/mol. The molecule has 3 heterocycles. The van der Waals surface area contributed by atoms with Gasteiger partial charge < -0.3 is 26.2 Å². The van der Waals surface area contributed by atoms with E-state index in [4.69, 9.17) is 26.7 Å². The number of carbonyl (C=O) groups excluding carboxylic acids is 2. The van der Waals surface area contributed by atoms with Crippen LogP contribution in [0, 0.1) is 5.92 Å². The summed E-state index contributed by atoms with van der Waals surface area (Å²) in [5, 5.41) is 26.3. The number of thiazole rings is 1. The second-order valence-electron chi connectivity index (χ2n) is 8.87. The Kier molecular flexibility index (Phi) is 7.94. The van der Waals surface area contributed by atoms with Crippen LogP contribution in [-0.2, 0) is 29.1 Å². The first kappa shape index (κ1) is 29.1. The van der Waals surface area contributed by atoms with Gasteiger partial charge in [-0.2, -0.15) is 18.2 Å². The molecule has 0 saturated carbocycles. The van der Waals surface area contributed by atoms with Crippen molar-refractivity contribution in [3.05, 3.63) is 38.2 Å². The lowest BCUT2D eigenvalue weighted by atomic mass is 9.84. The minimum absolute atomic E-state index is 0.0265. The van der Waals surface area contributed by atoms with E-state index in [1.165, 1.54) is 13.8 Å². The maximum Gasteiger partial charge on any atom is 0.418 e. The van der Waals surface area contributed by atoms with Crippen molar-refractivity contribution in [2.75, 3.05) is 5.73 Å². The minimum atomic E-state index is -5.02. The highest BCUT2D eigenvalue weighted by Gasteiger charge is 2.58. The van der Waals surface area contributed by atoms with E-state index in [-0.39, 0.29) is 20.9 Å². The highest BCUT2D eigenvalue weighted by Crippen LogP contribution is 2.34. The van der Waals surface area contributed by atoms with E-state index in [9.17, 15) is 33.1 Å². The molecular weight excluding hydrogens is 572 g/mol. The molecule has 208 valence electrons. The highest BCUT2D eigenvalue weighted by atomic mass is 35.5. The molecule has 0 radical (unpaired) electrons. The number of hydrogen-bond donors (Lipinski definition) is 5. The monoisotopic (exact) mass is 594 g/mol. The molecule has 16 nitrogen and oxygen atoms in total. The Morgan fingerprint density at radius 1 is 1.37 bits per heavy atom. The molecule has 0 spiro atoms. The largest absolute Gasteiger partial charge is 0.503 e. The molecule has 1 aliphatic heterocycles. The van der Waals surface area contributed by atoms with E-state index in [2.05, 4.69) is 19.7 Å². The van der Waals surface area contributed by atoms with Gasteiger partial charge in [0.1, 0.15) is 21.8 Å². The summed E-state index contributed by atoms with van der Waals surface area (Å²) in [6.07, 6.45) is -0.373. The maximum absolute atomic E-state index is 13.2. The third-order valence-corrected chi connectivity index (χ3v) is 6.78. The molecule has 1 aliphatic rings. The molecule has 0 aromatic carbocycles. The first-order valence-electron chi connectivity index (χ1n) is 10.6. The van der Waals surface area contributed by atoms with Gasteiger partial charge in [0.15, 0.2) is 22.7 Å². The lowest BCUT2D eigenvalue weighted by Crippen LogP contribution is -2.76.